The number of ether oxygens (including phenoxy) is 1. The Hall–Kier alpha value is -3.95. The molecule has 0 fully saturated rings. The van der Waals surface area contributed by atoms with E-state index in [0.29, 0.717) is 22.2 Å². The van der Waals surface area contributed by atoms with E-state index in [1.54, 1.807) is 6.92 Å². The Balaban J connectivity index is 2.00. The van der Waals surface area contributed by atoms with Crippen molar-refractivity contribution in [1.82, 2.24) is 9.88 Å². The third-order valence-corrected chi connectivity index (χ3v) is 4.62. The van der Waals surface area contributed by atoms with E-state index in [1.807, 2.05) is 0 Å². The predicted molar refractivity (Wildman–Crippen MR) is 105 cm³/mol. The normalized spacial score (nSPS) is 11.0. The maximum absolute atomic E-state index is 13.1. The highest BCUT2D eigenvalue weighted by molar-refractivity contribution is 6.05. The molecule has 0 saturated heterocycles. The molecule has 0 aliphatic heterocycles. The molecule has 0 unspecified atom stereocenters. The summed E-state index contributed by atoms with van der Waals surface area (Å²) in [5, 5.41) is 21.3. The molecule has 0 atom stereocenters. The minimum Gasteiger partial charge on any atom is -0.508 e. The van der Waals surface area contributed by atoms with Gasteiger partial charge in [0.15, 0.2) is 0 Å². The number of carboxylic acid groups (broad SMARTS) is 1. The van der Waals surface area contributed by atoms with E-state index >= 15 is 0 Å². The molecule has 0 radical (unpaired) electrons. The number of carboxylic acids is 1. The van der Waals surface area contributed by atoms with Gasteiger partial charge in [0.2, 0.25) is 5.91 Å². The summed E-state index contributed by atoms with van der Waals surface area (Å²) in [5.74, 6) is -2.40. The third kappa shape index (κ3) is 4.80. The van der Waals surface area contributed by atoms with Crippen molar-refractivity contribution in [2.75, 3.05) is 6.54 Å². The number of hydrogen-bond donors (Lipinski definition) is 3. The number of aromatic hydroxyl groups is 1. The van der Waals surface area contributed by atoms with Crippen LogP contribution < -0.4 is 10.1 Å². The molecule has 2 aromatic carbocycles. The minimum absolute atomic E-state index is 0.0715. The molecule has 0 spiro atoms. The van der Waals surface area contributed by atoms with Crippen molar-refractivity contribution in [3.63, 3.8) is 0 Å². The smallest absolute Gasteiger partial charge is 0.387 e. The molecule has 0 saturated carbocycles. The van der Waals surface area contributed by atoms with Gasteiger partial charge in [-0.25, -0.2) is 0 Å². The van der Waals surface area contributed by atoms with Gasteiger partial charge in [0.25, 0.3) is 5.91 Å². The van der Waals surface area contributed by atoms with Crippen LogP contribution in [0.2, 0.25) is 0 Å². The van der Waals surface area contributed by atoms with E-state index in [1.165, 1.54) is 47.0 Å². The largest absolute Gasteiger partial charge is 0.508 e. The number of carbonyl (C=O) groups excluding carboxylic acids is 2. The van der Waals surface area contributed by atoms with Crippen LogP contribution in [0.25, 0.3) is 10.9 Å². The topological polar surface area (TPSA) is 118 Å². The zero-order chi connectivity index (χ0) is 22.7. The molecule has 0 bridgehead atoms. The molecule has 3 aromatic rings. The summed E-state index contributed by atoms with van der Waals surface area (Å²) < 4.78 is 30.3. The lowest BCUT2D eigenvalue weighted by atomic mass is 10.1. The highest BCUT2D eigenvalue weighted by atomic mass is 19.3. The number of aliphatic carboxylic acids is 1. The van der Waals surface area contributed by atoms with E-state index in [4.69, 9.17) is 5.11 Å². The molecular weight excluding hydrogens is 414 g/mol. The number of phenolic OH excluding ortho intramolecular Hbond substituents is 1. The van der Waals surface area contributed by atoms with E-state index in [9.17, 15) is 28.3 Å². The quantitative estimate of drug-likeness (QED) is 0.528. The first kappa shape index (κ1) is 21.8. The number of rotatable bonds is 7. The van der Waals surface area contributed by atoms with Gasteiger partial charge in [-0.3, -0.25) is 19.0 Å². The molecule has 8 nitrogen and oxygen atoms in total. The van der Waals surface area contributed by atoms with Crippen LogP contribution in [0.5, 0.6) is 11.5 Å². The van der Waals surface area contributed by atoms with Gasteiger partial charge >= 0.3 is 12.6 Å². The standard InChI is InChI=1S/C21H18F2N2O6/c1-11-15(9-18(27)24-10-19(28)29)16-8-13(26)4-7-17(16)25(11)20(30)12-2-5-14(6-3-12)31-21(22)23/h2-8,21,26H,9-10H2,1H3,(H,24,27)(H,28,29). The Bertz CT molecular complexity index is 1150. The Morgan fingerprint density at radius 1 is 1.13 bits per heavy atom. The molecule has 1 amide bonds. The van der Waals surface area contributed by atoms with Gasteiger partial charge in [0.1, 0.15) is 18.0 Å². The van der Waals surface area contributed by atoms with Crippen LogP contribution in [0.1, 0.15) is 21.6 Å². The number of aromatic nitrogens is 1. The van der Waals surface area contributed by atoms with Crippen LogP contribution >= 0.6 is 0 Å². The highest BCUT2D eigenvalue weighted by Gasteiger charge is 2.22. The Kier molecular flexibility index (Phi) is 6.19. The van der Waals surface area contributed by atoms with Crippen molar-refractivity contribution < 1.29 is 38.1 Å². The first-order valence-corrected chi connectivity index (χ1v) is 9.08. The monoisotopic (exact) mass is 432 g/mol. The zero-order valence-electron chi connectivity index (χ0n) is 16.3. The van der Waals surface area contributed by atoms with Gasteiger partial charge in [-0.05, 0) is 55.0 Å². The molecule has 1 heterocycles. The van der Waals surface area contributed by atoms with Crippen LogP contribution in [0.4, 0.5) is 8.78 Å². The van der Waals surface area contributed by atoms with Crippen LogP contribution in [0, 0.1) is 6.92 Å². The van der Waals surface area contributed by atoms with Crippen LogP contribution in [-0.4, -0.2) is 45.7 Å². The number of nitrogens with one attached hydrogen (secondary N) is 1. The van der Waals surface area contributed by atoms with Gasteiger partial charge in [-0.1, -0.05) is 0 Å². The number of hydrogen-bond acceptors (Lipinski definition) is 5. The van der Waals surface area contributed by atoms with Crippen LogP contribution in [0.3, 0.4) is 0 Å². The van der Waals surface area contributed by atoms with Crippen molar-refractivity contribution in [3.05, 3.63) is 59.3 Å². The maximum Gasteiger partial charge on any atom is 0.387 e. The Morgan fingerprint density at radius 3 is 2.42 bits per heavy atom. The number of amides is 1. The molecule has 10 heteroatoms. The molecule has 31 heavy (non-hydrogen) atoms. The number of halogens is 2. The van der Waals surface area contributed by atoms with E-state index in [2.05, 4.69) is 10.1 Å². The second-order valence-electron chi connectivity index (χ2n) is 6.66. The predicted octanol–water partition coefficient (Wildman–Crippen LogP) is 2.69. The number of nitrogens with zero attached hydrogens (tertiary/aromatic N) is 1. The fourth-order valence-electron chi connectivity index (χ4n) is 3.26. The average Bonchev–Trinajstić information content (AvgIpc) is 2.97. The summed E-state index contributed by atoms with van der Waals surface area (Å²) >= 11 is 0. The summed E-state index contributed by atoms with van der Waals surface area (Å²) in [6.07, 6.45) is -0.208. The van der Waals surface area contributed by atoms with Crippen molar-refractivity contribution >= 4 is 28.7 Å². The highest BCUT2D eigenvalue weighted by Crippen LogP contribution is 2.30. The summed E-state index contributed by atoms with van der Waals surface area (Å²) in [7, 11) is 0. The number of benzene rings is 2. The minimum atomic E-state index is -2.99. The van der Waals surface area contributed by atoms with Crippen LogP contribution in [-0.2, 0) is 16.0 Å². The lowest BCUT2D eigenvalue weighted by Crippen LogP contribution is -2.30. The molecule has 162 valence electrons. The average molecular weight is 432 g/mol. The molecule has 0 aliphatic carbocycles. The van der Waals surface area contributed by atoms with Gasteiger partial charge in [-0.15, -0.1) is 0 Å². The van der Waals surface area contributed by atoms with Crippen LogP contribution in [0.15, 0.2) is 42.5 Å². The number of phenols is 1. The van der Waals surface area contributed by atoms with E-state index < -0.39 is 30.9 Å². The van der Waals surface area contributed by atoms with Gasteiger partial charge in [0.05, 0.1) is 11.9 Å². The fraction of sp³-hybridized carbons (Fsp3) is 0.190. The summed E-state index contributed by atoms with van der Waals surface area (Å²) in [5.41, 5.74) is 1.48. The fourth-order valence-corrected chi connectivity index (χ4v) is 3.26. The van der Waals surface area contributed by atoms with Gasteiger partial charge in [-0.2, -0.15) is 8.78 Å². The van der Waals surface area contributed by atoms with E-state index in [0.717, 1.165) is 0 Å². The number of fused-ring (bicyclic) bond motifs is 1. The molecule has 0 aliphatic rings. The first-order valence-electron chi connectivity index (χ1n) is 9.08. The Labute approximate surface area is 174 Å². The first-order chi connectivity index (χ1) is 14.7. The zero-order valence-corrected chi connectivity index (χ0v) is 16.3. The summed E-state index contributed by atoms with van der Waals surface area (Å²) in [6, 6.07) is 9.47. The van der Waals surface area contributed by atoms with Crippen molar-refractivity contribution in [2.45, 2.75) is 20.0 Å². The second kappa shape index (κ2) is 8.82. The lowest BCUT2D eigenvalue weighted by molar-refractivity contribution is -0.137. The second-order valence-corrected chi connectivity index (χ2v) is 6.66. The maximum atomic E-state index is 13.1. The van der Waals surface area contributed by atoms with Crippen molar-refractivity contribution in [2.24, 2.45) is 0 Å². The molecule has 1 aromatic heterocycles. The van der Waals surface area contributed by atoms with Gasteiger partial charge in [0, 0.05) is 16.6 Å². The Morgan fingerprint density at radius 2 is 1.81 bits per heavy atom. The molecule has 3 rings (SSSR count). The molecule has 3 N–H and O–H groups in total. The van der Waals surface area contributed by atoms with E-state index in [-0.39, 0.29) is 23.5 Å². The summed E-state index contributed by atoms with van der Waals surface area (Å²) in [4.78, 5) is 36.0. The van der Waals surface area contributed by atoms with Crippen molar-refractivity contribution in [1.29, 1.82) is 0 Å². The third-order valence-electron chi connectivity index (χ3n) is 4.62. The van der Waals surface area contributed by atoms with Gasteiger partial charge < -0.3 is 20.3 Å². The van der Waals surface area contributed by atoms with Crippen molar-refractivity contribution in [3.8, 4) is 11.5 Å². The SMILES string of the molecule is Cc1c(CC(=O)NCC(=O)O)c2cc(O)ccc2n1C(=O)c1ccc(OC(F)F)cc1. The lowest BCUT2D eigenvalue weighted by Gasteiger charge is -2.09. The number of alkyl halides is 2. The summed E-state index contributed by atoms with van der Waals surface area (Å²) in [6.45, 7) is -1.92. The number of carbonyl (C=O) groups is 3. The molecular formula is C21H18F2N2O6.